The van der Waals surface area contributed by atoms with Crippen LogP contribution < -0.4 is 0 Å². The Kier molecular flexibility index (Phi) is 11.4. The normalized spacial score (nSPS) is 20.9. The molecule has 5 atom stereocenters. The molecule has 0 N–H and O–H groups in total. The Morgan fingerprint density at radius 1 is 0.778 bits per heavy atom. The van der Waals surface area contributed by atoms with E-state index < -0.39 is 0 Å². The number of allylic oxidation sites excluding steroid dienone is 6. The molecule has 0 heteroatoms. The Morgan fingerprint density at radius 3 is 1.96 bits per heavy atom. The van der Waals surface area contributed by atoms with Gasteiger partial charge in [-0.25, -0.2) is 0 Å². The molecule has 0 aromatic heterocycles. The molecule has 0 amide bonds. The zero-order valence-electron chi connectivity index (χ0n) is 19.7. The molecule has 0 bridgehead atoms. The minimum atomic E-state index is 0.581. The first-order valence-corrected chi connectivity index (χ1v) is 11.8. The fourth-order valence-electron chi connectivity index (χ4n) is 3.90. The first-order valence-electron chi connectivity index (χ1n) is 11.8. The topological polar surface area (TPSA) is 0 Å². The zero-order valence-corrected chi connectivity index (χ0v) is 19.7. The Labute approximate surface area is 171 Å². The van der Waals surface area contributed by atoms with Crippen LogP contribution in [0.1, 0.15) is 100 Å². The zero-order chi connectivity index (χ0) is 20.4. The van der Waals surface area contributed by atoms with Crippen molar-refractivity contribution in [3.63, 3.8) is 0 Å². The molecule has 0 aromatic rings. The van der Waals surface area contributed by atoms with Crippen LogP contribution in [0.3, 0.4) is 0 Å². The van der Waals surface area contributed by atoms with Crippen LogP contribution in [0.5, 0.6) is 0 Å². The van der Waals surface area contributed by atoms with Gasteiger partial charge in [0.2, 0.25) is 0 Å². The van der Waals surface area contributed by atoms with E-state index in [-0.39, 0.29) is 0 Å². The van der Waals surface area contributed by atoms with Gasteiger partial charge in [-0.15, -0.1) is 0 Å². The van der Waals surface area contributed by atoms with Crippen LogP contribution in [0, 0.1) is 35.5 Å². The van der Waals surface area contributed by atoms with Gasteiger partial charge in [0.25, 0.3) is 0 Å². The molecule has 0 heterocycles. The lowest BCUT2D eigenvalue weighted by Gasteiger charge is -2.23. The van der Waals surface area contributed by atoms with Crippen LogP contribution in [-0.4, -0.2) is 0 Å². The minimum absolute atomic E-state index is 0.581. The summed E-state index contributed by atoms with van der Waals surface area (Å²) >= 11 is 0. The Morgan fingerprint density at radius 2 is 1.41 bits per heavy atom. The van der Waals surface area contributed by atoms with E-state index >= 15 is 0 Å². The van der Waals surface area contributed by atoms with E-state index in [4.69, 9.17) is 0 Å². The monoisotopic (exact) mass is 372 g/mol. The molecule has 5 unspecified atom stereocenters. The van der Waals surface area contributed by atoms with E-state index in [1.165, 1.54) is 44.9 Å². The average molecular weight is 373 g/mol. The summed E-state index contributed by atoms with van der Waals surface area (Å²) < 4.78 is 0. The summed E-state index contributed by atoms with van der Waals surface area (Å²) in [6.45, 7) is 19.0. The average Bonchev–Trinajstić information content (AvgIpc) is 2.67. The van der Waals surface area contributed by atoms with E-state index in [2.05, 4.69) is 79.7 Å². The summed E-state index contributed by atoms with van der Waals surface area (Å²) in [6, 6.07) is 0. The predicted octanol–water partition coefficient (Wildman–Crippen LogP) is 9.00. The van der Waals surface area contributed by atoms with Crippen LogP contribution in [-0.2, 0) is 0 Å². The van der Waals surface area contributed by atoms with E-state index in [1.807, 2.05) is 0 Å². The Balaban J connectivity index is 2.52. The predicted molar refractivity (Wildman–Crippen MR) is 124 cm³/mol. The van der Waals surface area contributed by atoms with Crippen LogP contribution in [0.25, 0.3) is 0 Å². The number of rotatable bonds is 12. The van der Waals surface area contributed by atoms with Gasteiger partial charge < -0.3 is 0 Å². The summed E-state index contributed by atoms with van der Waals surface area (Å²) in [6.07, 6.45) is 19.1. The van der Waals surface area contributed by atoms with Crippen molar-refractivity contribution in [1.82, 2.24) is 0 Å². The molecule has 0 saturated carbocycles. The number of hydrogen-bond donors (Lipinski definition) is 0. The fraction of sp³-hybridized carbons (Fsp3) is 0.778. The van der Waals surface area contributed by atoms with Crippen molar-refractivity contribution >= 4 is 0 Å². The second kappa shape index (κ2) is 12.6. The van der Waals surface area contributed by atoms with E-state index in [0.29, 0.717) is 11.8 Å². The van der Waals surface area contributed by atoms with Crippen molar-refractivity contribution in [3.8, 4) is 0 Å². The standard InChI is InChI=1S/C27H48/c1-9-21(4)11-13-22(5)23(6)14-15-25(8)27-18-16-26(17-19-27)24(7)12-10-20(2)3/h14-16,18,20-25H,9-13,17,19H2,1-8H3/b15-14-. The summed E-state index contributed by atoms with van der Waals surface area (Å²) in [5.74, 6) is 4.50. The maximum atomic E-state index is 2.48. The lowest BCUT2D eigenvalue weighted by molar-refractivity contribution is 0.369. The molecule has 1 rings (SSSR count). The molecule has 0 nitrogen and oxygen atoms in total. The molecule has 1 aliphatic rings. The van der Waals surface area contributed by atoms with Gasteiger partial charge in [0.1, 0.15) is 0 Å². The molecular formula is C27H48. The van der Waals surface area contributed by atoms with Gasteiger partial charge in [0.05, 0.1) is 0 Å². The number of hydrogen-bond acceptors (Lipinski definition) is 0. The van der Waals surface area contributed by atoms with Crippen LogP contribution in [0.2, 0.25) is 0 Å². The second-order valence-electron chi connectivity index (χ2n) is 9.96. The molecule has 0 radical (unpaired) electrons. The molecule has 156 valence electrons. The highest BCUT2D eigenvalue weighted by Crippen LogP contribution is 2.31. The molecule has 27 heavy (non-hydrogen) atoms. The van der Waals surface area contributed by atoms with Crippen molar-refractivity contribution in [2.24, 2.45) is 35.5 Å². The fourth-order valence-corrected chi connectivity index (χ4v) is 3.90. The lowest BCUT2D eigenvalue weighted by atomic mass is 9.82. The Hall–Kier alpha value is -0.780. The summed E-state index contributed by atoms with van der Waals surface area (Å²) in [5, 5.41) is 0. The van der Waals surface area contributed by atoms with E-state index in [0.717, 1.165) is 23.7 Å². The van der Waals surface area contributed by atoms with Gasteiger partial charge >= 0.3 is 0 Å². The highest BCUT2D eigenvalue weighted by molar-refractivity contribution is 5.28. The van der Waals surface area contributed by atoms with E-state index in [1.54, 1.807) is 11.1 Å². The lowest BCUT2D eigenvalue weighted by Crippen LogP contribution is -2.09. The first-order chi connectivity index (χ1) is 12.7. The molecular weight excluding hydrogens is 324 g/mol. The van der Waals surface area contributed by atoms with Gasteiger partial charge in [-0.2, -0.15) is 0 Å². The summed E-state index contributed by atoms with van der Waals surface area (Å²) in [4.78, 5) is 0. The van der Waals surface area contributed by atoms with Gasteiger partial charge in [-0.1, -0.05) is 110 Å². The van der Waals surface area contributed by atoms with Gasteiger partial charge in [-0.3, -0.25) is 0 Å². The van der Waals surface area contributed by atoms with Gasteiger partial charge in [0.15, 0.2) is 0 Å². The first kappa shape index (κ1) is 24.3. The molecule has 0 spiro atoms. The third-order valence-corrected chi connectivity index (χ3v) is 7.02. The molecule has 0 aliphatic heterocycles. The van der Waals surface area contributed by atoms with Crippen molar-refractivity contribution in [1.29, 1.82) is 0 Å². The van der Waals surface area contributed by atoms with Crippen LogP contribution in [0.15, 0.2) is 35.5 Å². The van der Waals surface area contributed by atoms with Crippen molar-refractivity contribution in [2.75, 3.05) is 0 Å². The molecule has 0 saturated heterocycles. The molecule has 1 aliphatic carbocycles. The van der Waals surface area contributed by atoms with Crippen LogP contribution in [0.4, 0.5) is 0 Å². The molecule has 0 aromatic carbocycles. The second-order valence-corrected chi connectivity index (χ2v) is 9.96. The maximum absolute atomic E-state index is 2.48. The molecule has 0 fully saturated rings. The summed E-state index contributed by atoms with van der Waals surface area (Å²) in [7, 11) is 0. The van der Waals surface area contributed by atoms with Crippen molar-refractivity contribution < 1.29 is 0 Å². The summed E-state index contributed by atoms with van der Waals surface area (Å²) in [5.41, 5.74) is 3.29. The quantitative estimate of drug-likeness (QED) is 0.300. The van der Waals surface area contributed by atoms with Crippen LogP contribution >= 0.6 is 0 Å². The largest absolute Gasteiger partial charge is 0.0848 e. The van der Waals surface area contributed by atoms with Crippen molar-refractivity contribution in [2.45, 2.75) is 100 Å². The Bertz CT molecular complexity index is 490. The highest BCUT2D eigenvalue weighted by Gasteiger charge is 2.16. The van der Waals surface area contributed by atoms with Crippen molar-refractivity contribution in [3.05, 3.63) is 35.5 Å². The van der Waals surface area contributed by atoms with Gasteiger partial charge in [0, 0.05) is 0 Å². The third kappa shape index (κ3) is 9.31. The minimum Gasteiger partial charge on any atom is -0.0848 e. The van der Waals surface area contributed by atoms with Gasteiger partial charge in [-0.05, 0) is 61.2 Å². The smallest absolute Gasteiger partial charge is 0.00483 e. The highest BCUT2D eigenvalue weighted by atomic mass is 14.2. The SMILES string of the molecule is CCC(C)CCC(C)C(C)/C=C\C(C)C1=CC=C(C(C)CCC(C)C)CC1. The third-order valence-electron chi connectivity index (χ3n) is 7.02. The van der Waals surface area contributed by atoms with E-state index in [9.17, 15) is 0 Å². The maximum Gasteiger partial charge on any atom is -0.00483 e.